The molecule has 2 rings (SSSR count). The highest BCUT2D eigenvalue weighted by atomic mass is 32.1. The minimum atomic E-state index is 0.103. The zero-order chi connectivity index (χ0) is 15.3. The average molecular weight is 306 g/mol. The molecule has 5 heteroatoms. The Labute approximate surface area is 130 Å². The molecule has 0 radical (unpaired) electrons. The molecule has 1 N–H and O–H groups in total. The summed E-state index contributed by atoms with van der Waals surface area (Å²) in [6.07, 6.45) is 0. The topological polar surface area (TPSA) is 43.4 Å². The van der Waals surface area contributed by atoms with Gasteiger partial charge < -0.3 is 14.8 Å². The van der Waals surface area contributed by atoms with Gasteiger partial charge in [-0.25, -0.2) is 4.98 Å². The second-order valence-corrected chi connectivity index (χ2v) is 6.74. The summed E-state index contributed by atoms with van der Waals surface area (Å²) in [6.45, 7) is 7.71. The summed E-state index contributed by atoms with van der Waals surface area (Å²) >= 11 is 1.66. The van der Waals surface area contributed by atoms with Gasteiger partial charge in [-0.1, -0.05) is 0 Å². The first-order valence-electron chi connectivity index (χ1n) is 6.91. The lowest BCUT2D eigenvalue weighted by Gasteiger charge is -2.19. The summed E-state index contributed by atoms with van der Waals surface area (Å²) in [6, 6.07) is 7.56. The molecule has 1 heterocycles. The monoisotopic (exact) mass is 306 g/mol. The summed E-state index contributed by atoms with van der Waals surface area (Å²) in [7, 11) is 1.65. The van der Waals surface area contributed by atoms with Crippen LogP contribution in [0, 0.1) is 0 Å². The summed E-state index contributed by atoms with van der Waals surface area (Å²) in [4.78, 5) is 4.57. The van der Waals surface area contributed by atoms with Crippen molar-refractivity contribution in [2.75, 3.05) is 7.11 Å². The summed E-state index contributed by atoms with van der Waals surface area (Å²) in [5.74, 6) is 1.64. The quantitative estimate of drug-likeness (QED) is 0.885. The first kappa shape index (κ1) is 15.8. The van der Waals surface area contributed by atoms with E-state index in [4.69, 9.17) is 9.47 Å². The number of benzene rings is 1. The summed E-state index contributed by atoms with van der Waals surface area (Å²) in [5, 5.41) is 6.56. The standard InChI is InChI=1S/C16H22N2O2S/c1-16(2,3)17-9-15-18-12(11-21-15)10-20-14-7-5-13(19-4)6-8-14/h5-8,11,17H,9-10H2,1-4H3. The van der Waals surface area contributed by atoms with Gasteiger partial charge in [-0.3, -0.25) is 0 Å². The molecular weight excluding hydrogens is 284 g/mol. The summed E-state index contributed by atoms with van der Waals surface area (Å²) in [5.41, 5.74) is 1.06. The van der Waals surface area contributed by atoms with Crippen molar-refractivity contribution in [1.82, 2.24) is 10.3 Å². The smallest absolute Gasteiger partial charge is 0.131 e. The Hall–Kier alpha value is -1.59. The Bertz CT molecular complexity index is 558. The highest BCUT2D eigenvalue weighted by Crippen LogP contribution is 2.19. The van der Waals surface area contributed by atoms with Crippen LogP contribution in [-0.4, -0.2) is 17.6 Å². The van der Waals surface area contributed by atoms with Gasteiger partial charge in [0.15, 0.2) is 0 Å². The highest BCUT2D eigenvalue weighted by Gasteiger charge is 2.10. The maximum absolute atomic E-state index is 5.72. The van der Waals surface area contributed by atoms with Gasteiger partial charge in [0.05, 0.1) is 12.8 Å². The number of hydrogen-bond donors (Lipinski definition) is 1. The van der Waals surface area contributed by atoms with Gasteiger partial charge in [0, 0.05) is 17.5 Å². The fourth-order valence-corrected chi connectivity index (χ4v) is 2.38. The van der Waals surface area contributed by atoms with Crippen molar-refractivity contribution in [1.29, 1.82) is 0 Å². The van der Waals surface area contributed by atoms with E-state index in [1.807, 2.05) is 29.6 Å². The Morgan fingerprint density at radius 3 is 2.43 bits per heavy atom. The van der Waals surface area contributed by atoms with Crippen LogP contribution < -0.4 is 14.8 Å². The van der Waals surface area contributed by atoms with Gasteiger partial charge in [0.1, 0.15) is 23.1 Å². The third-order valence-electron chi connectivity index (χ3n) is 2.82. The maximum Gasteiger partial charge on any atom is 0.131 e. The normalized spacial score (nSPS) is 11.4. The van der Waals surface area contributed by atoms with Gasteiger partial charge >= 0.3 is 0 Å². The minimum Gasteiger partial charge on any atom is -0.497 e. The molecule has 0 unspecified atom stereocenters. The number of nitrogens with zero attached hydrogens (tertiary/aromatic N) is 1. The number of aromatic nitrogens is 1. The number of methoxy groups -OCH3 is 1. The van der Waals surface area contributed by atoms with E-state index in [1.165, 1.54) is 0 Å². The molecule has 0 aliphatic heterocycles. The number of hydrogen-bond acceptors (Lipinski definition) is 5. The average Bonchev–Trinajstić information content (AvgIpc) is 2.91. The predicted octanol–water partition coefficient (Wildman–Crippen LogP) is 3.62. The molecule has 0 aliphatic rings. The van der Waals surface area contributed by atoms with Gasteiger partial charge in [-0.05, 0) is 45.0 Å². The second kappa shape index (κ2) is 6.91. The van der Waals surface area contributed by atoms with Crippen LogP contribution in [0.3, 0.4) is 0 Å². The van der Waals surface area contributed by atoms with Crippen LogP contribution in [0.25, 0.3) is 0 Å². The molecule has 114 valence electrons. The van der Waals surface area contributed by atoms with Crippen LogP contribution in [0.1, 0.15) is 31.5 Å². The molecule has 1 aromatic carbocycles. The van der Waals surface area contributed by atoms with Crippen molar-refractivity contribution in [2.45, 2.75) is 39.5 Å². The van der Waals surface area contributed by atoms with Crippen LogP contribution in [0.4, 0.5) is 0 Å². The van der Waals surface area contributed by atoms with E-state index in [0.29, 0.717) is 6.61 Å². The van der Waals surface area contributed by atoms with Gasteiger partial charge in [0.25, 0.3) is 0 Å². The lowest BCUT2D eigenvalue weighted by molar-refractivity contribution is 0.301. The SMILES string of the molecule is COc1ccc(OCc2csc(CNC(C)(C)C)n2)cc1. The molecule has 0 atom stereocenters. The van der Waals surface area contributed by atoms with Crippen molar-refractivity contribution in [3.8, 4) is 11.5 Å². The van der Waals surface area contributed by atoms with Gasteiger partial charge in [-0.2, -0.15) is 0 Å². The van der Waals surface area contributed by atoms with E-state index in [9.17, 15) is 0 Å². The van der Waals surface area contributed by atoms with Crippen molar-refractivity contribution in [3.05, 3.63) is 40.3 Å². The Balaban J connectivity index is 1.84. The third-order valence-corrected chi connectivity index (χ3v) is 3.71. The molecule has 21 heavy (non-hydrogen) atoms. The molecule has 0 amide bonds. The van der Waals surface area contributed by atoms with E-state index in [1.54, 1.807) is 18.4 Å². The fraction of sp³-hybridized carbons (Fsp3) is 0.438. The largest absolute Gasteiger partial charge is 0.497 e. The van der Waals surface area contributed by atoms with Crippen molar-refractivity contribution < 1.29 is 9.47 Å². The van der Waals surface area contributed by atoms with Crippen molar-refractivity contribution in [2.24, 2.45) is 0 Å². The third kappa shape index (κ3) is 5.36. The van der Waals surface area contributed by atoms with Gasteiger partial charge in [-0.15, -0.1) is 11.3 Å². The maximum atomic E-state index is 5.72. The Morgan fingerprint density at radius 1 is 1.14 bits per heavy atom. The molecule has 0 bridgehead atoms. The van der Waals surface area contributed by atoms with E-state index in [-0.39, 0.29) is 5.54 Å². The lowest BCUT2D eigenvalue weighted by Crippen LogP contribution is -2.35. The molecule has 0 saturated carbocycles. The van der Waals surface area contributed by atoms with Crippen LogP contribution in [-0.2, 0) is 13.2 Å². The van der Waals surface area contributed by atoms with E-state index in [2.05, 4.69) is 31.1 Å². The fourth-order valence-electron chi connectivity index (χ4n) is 1.67. The van der Waals surface area contributed by atoms with Crippen LogP contribution in [0.15, 0.2) is 29.6 Å². The number of rotatable bonds is 6. The zero-order valence-corrected chi connectivity index (χ0v) is 13.8. The van der Waals surface area contributed by atoms with E-state index < -0.39 is 0 Å². The minimum absolute atomic E-state index is 0.103. The molecule has 0 saturated heterocycles. The number of thiazole rings is 1. The number of nitrogens with one attached hydrogen (secondary N) is 1. The highest BCUT2D eigenvalue weighted by molar-refractivity contribution is 7.09. The Kier molecular flexibility index (Phi) is 5.20. The van der Waals surface area contributed by atoms with Crippen LogP contribution in [0.2, 0.25) is 0 Å². The molecule has 2 aromatic rings. The van der Waals surface area contributed by atoms with Gasteiger partial charge in [0.2, 0.25) is 0 Å². The Morgan fingerprint density at radius 2 is 1.81 bits per heavy atom. The van der Waals surface area contributed by atoms with Crippen molar-refractivity contribution >= 4 is 11.3 Å². The van der Waals surface area contributed by atoms with E-state index in [0.717, 1.165) is 28.7 Å². The summed E-state index contributed by atoms with van der Waals surface area (Å²) < 4.78 is 10.8. The number of ether oxygens (including phenoxy) is 2. The first-order valence-corrected chi connectivity index (χ1v) is 7.79. The zero-order valence-electron chi connectivity index (χ0n) is 13.0. The molecule has 4 nitrogen and oxygen atoms in total. The first-order chi connectivity index (χ1) is 9.96. The lowest BCUT2D eigenvalue weighted by atomic mass is 10.1. The van der Waals surface area contributed by atoms with E-state index >= 15 is 0 Å². The molecule has 1 aromatic heterocycles. The van der Waals surface area contributed by atoms with Crippen molar-refractivity contribution in [3.63, 3.8) is 0 Å². The molecule has 0 fully saturated rings. The van der Waals surface area contributed by atoms with Crippen LogP contribution in [0.5, 0.6) is 11.5 Å². The second-order valence-electron chi connectivity index (χ2n) is 5.80. The molecule has 0 aliphatic carbocycles. The van der Waals surface area contributed by atoms with Crippen LogP contribution >= 0.6 is 11.3 Å². The molecule has 0 spiro atoms. The predicted molar refractivity (Wildman–Crippen MR) is 86.0 cm³/mol. The molecular formula is C16H22N2O2S.